The highest BCUT2D eigenvalue weighted by atomic mass is 32.2. The lowest BCUT2D eigenvalue weighted by Crippen LogP contribution is -2.15. The lowest BCUT2D eigenvalue weighted by atomic mass is 10.0. The molecule has 7 nitrogen and oxygen atoms in total. The minimum Gasteiger partial charge on any atom is -0.326 e. The maximum atomic E-state index is 12.8. The van der Waals surface area contributed by atoms with Crippen molar-refractivity contribution in [3.05, 3.63) is 155 Å². The standard InChI is InChI=1S/C33H45N2OP.C31H41NPS.CH4O3S/c1-8-37(9-2,10-3)22-12-11-13-32(36)34-29-23-27(6)33(28(7)24-29)35(30-18-14-25(4)15-19-30)31-20-16-26(5)17-21-31;1-6-33(7-2,8-3)20-10-9-11-21-34-27-17-19-31-29(23-27)28-22-25(5)14-18-30(28)32(31)26-15-12-24(4)13-16-26;1-5(2,3)4/h14-21,23-24H,8-13,22H2,1-7H3;12-19,22-23H,6-11,20-21H2,1-5H3;1H3,(H,2,3,4)/q;+1;/p+1. The van der Waals surface area contributed by atoms with Crippen LogP contribution in [0.1, 0.15) is 113 Å². The molecule has 0 fully saturated rings. The predicted octanol–water partition coefficient (Wildman–Crippen LogP) is 18.8. The van der Waals surface area contributed by atoms with Gasteiger partial charge in [0.15, 0.2) is 0 Å². The number of thioether (sulfide) groups is 1. The molecule has 0 aliphatic carbocycles. The van der Waals surface area contributed by atoms with Crippen molar-refractivity contribution in [1.82, 2.24) is 4.57 Å². The Kier molecular flexibility index (Phi) is 24.2. The number of amides is 1. The monoisotopic (exact) mass is 1100 g/mol. The SMILES string of the molecule is CC[P+](CC)(CC)CCCCC(=O)Nc1cc(C)c(N(c2ccc(C)cc2)c2ccc(C)cc2)c(C)c1.CC[P+](CC)(CC)CCCCCSc1ccc2c(c1)c1cc(C)ccc1n2-c1ccc(C)cc1.CS(=O)(=O)O. The zero-order chi connectivity index (χ0) is 55.6. The van der Waals surface area contributed by atoms with E-state index in [2.05, 4.69) is 219 Å². The molecule has 0 bridgehead atoms. The second-order valence-electron chi connectivity index (χ2n) is 21.0. The van der Waals surface area contributed by atoms with Gasteiger partial charge in [0.25, 0.3) is 10.1 Å². The summed E-state index contributed by atoms with van der Waals surface area (Å²) in [5.74, 6) is 1.34. The Labute approximate surface area is 464 Å². The van der Waals surface area contributed by atoms with Crippen LogP contribution in [0.2, 0.25) is 0 Å². The first kappa shape index (κ1) is 62.4. The molecule has 0 aliphatic rings. The Balaban J connectivity index is 0.000000258. The zero-order valence-electron chi connectivity index (χ0n) is 48.4. The number of fused-ring (bicyclic) bond motifs is 3. The molecule has 0 aliphatic heterocycles. The van der Waals surface area contributed by atoms with Crippen LogP contribution in [0.15, 0.2) is 126 Å². The van der Waals surface area contributed by atoms with Gasteiger partial charge in [0.2, 0.25) is 5.91 Å². The second-order valence-corrected chi connectivity index (χ2v) is 33.7. The minimum absolute atomic E-state index is 0.119. The first-order chi connectivity index (χ1) is 36.2. The van der Waals surface area contributed by atoms with E-state index in [1.807, 2.05) is 11.8 Å². The van der Waals surface area contributed by atoms with Gasteiger partial charge < -0.3 is 14.8 Å². The van der Waals surface area contributed by atoms with Crippen molar-refractivity contribution in [1.29, 1.82) is 0 Å². The Morgan fingerprint density at radius 3 is 1.45 bits per heavy atom. The maximum Gasteiger partial charge on any atom is 0.261 e. The van der Waals surface area contributed by atoms with Crippen molar-refractivity contribution in [3.63, 3.8) is 0 Å². The van der Waals surface area contributed by atoms with Crippen LogP contribution in [0, 0.1) is 41.5 Å². The zero-order valence-corrected chi connectivity index (χ0v) is 51.9. The van der Waals surface area contributed by atoms with E-state index < -0.39 is 24.6 Å². The molecule has 0 spiro atoms. The van der Waals surface area contributed by atoms with E-state index in [1.165, 1.54) is 129 Å². The fraction of sp³-hybridized carbons (Fsp3) is 0.431. The van der Waals surface area contributed by atoms with Crippen molar-refractivity contribution in [2.75, 3.05) is 71.5 Å². The Hall–Kier alpha value is -4.49. The molecule has 1 amide bonds. The van der Waals surface area contributed by atoms with Crippen molar-refractivity contribution >= 4 is 86.9 Å². The van der Waals surface area contributed by atoms with Crippen LogP contribution in [0.25, 0.3) is 27.5 Å². The number of aromatic nitrogens is 1. The molecule has 76 heavy (non-hydrogen) atoms. The topological polar surface area (TPSA) is 91.6 Å². The van der Waals surface area contributed by atoms with E-state index in [1.54, 1.807) is 0 Å². The summed E-state index contributed by atoms with van der Waals surface area (Å²) in [6.45, 7) is 27.2. The van der Waals surface area contributed by atoms with Crippen molar-refractivity contribution in [3.8, 4) is 5.69 Å². The highest BCUT2D eigenvalue weighted by Crippen LogP contribution is 2.59. The molecule has 0 atom stereocenters. The number of aryl methyl sites for hydroxylation is 6. The van der Waals surface area contributed by atoms with Gasteiger partial charge in [-0.2, -0.15) is 8.42 Å². The van der Waals surface area contributed by atoms with E-state index in [9.17, 15) is 13.2 Å². The second kappa shape index (κ2) is 29.5. The number of carbonyl (C=O) groups is 1. The van der Waals surface area contributed by atoms with E-state index in [-0.39, 0.29) is 5.91 Å². The Bertz CT molecular complexity index is 2960. The summed E-state index contributed by atoms with van der Waals surface area (Å²) in [6.07, 6.45) is 18.7. The lowest BCUT2D eigenvalue weighted by molar-refractivity contribution is -0.116. The van der Waals surface area contributed by atoms with Gasteiger partial charge in [-0.05, 0) is 211 Å². The van der Waals surface area contributed by atoms with Gasteiger partial charge in [-0.3, -0.25) is 9.35 Å². The molecule has 7 aromatic rings. The first-order valence-corrected chi connectivity index (χ1v) is 35.8. The number of hydrogen-bond acceptors (Lipinski definition) is 5. The molecule has 1 aromatic heterocycles. The molecular formula is C65H91N3O4P2S2+2. The number of rotatable bonds is 23. The van der Waals surface area contributed by atoms with Gasteiger partial charge in [-0.25, -0.2) is 0 Å². The molecule has 7 rings (SSSR count). The number of nitrogens with one attached hydrogen (secondary N) is 1. The van der Waals surface area contributed by atoms with Gasteiger partial charge in [-0.1, -0.05) is 64.7 Å². The first-order valence-electron chi connectivity index (χ1n) is 27.9. The summed E-state index contributed by atoms with van der Waals surface area (Å²) in [4.78, 5) is 16.5. The quantitative estimate of drug-likeness (QED) is 0.0287. The minimum atomic E-state index is -3.67. The lowest BCUT2D eigenvalue weighted by Gasteiger charge is -2.29. The van der Waals surface area contributed by atoms with Crippen LogP contribution < -0.4 is 10.2 Å². The molecule has 0 radical (unpaired) electrons. The van der Waals surface area contributed by atoms with Crippen LogP contribution in [0.3, 0.4) is 0 Å². The van der Waals surface area contributed by atoms with Gasteiger partial charge in [0, 0.05) is 59.4 Å². The highest BCUT2D eigenvalue weighted by molar-refractivity contribution is 7.99. The van der Waals surface area contributed by atoms with Crippen molar-refractivity contribution in [2.24, 2.45) is 0 Å². The van der Waals surface area contributed by atoms with Gasteiger partial charge >= 0.3 is 0 Å². The molecule has 0 saturated heterocycles. The molecule has 2 N–H and O–H groups in total. The molecule has 410 valence electrons. The van der Waals surface area contributed by atoms with Crippen LogP contribution in [0.4, 0.5) is 22.7 Å². The number of unbranched alkanes of at least 4 members (excludes halogenated alkanes) is 3. The summed E-state index contributed by atoms with van der Waals surface area (Å²) >= 11 is 2.03. The van der Waals surface area contributed by atoms with Crippen LogP contribution in [-0.4, -0.2) is 84.7 Å². The molecule has 0 unspecified atom stereocenters. The van der Waals surface area contributed by atoms with Crippen molar-refractivity contribution < 1.29 is 17.8 Å². The molecule has 11 heteroatoms. The van der Waals surface area contributed by atoms with Crippen molar-refractivity contribution in [2.45, 2.75) is 127 Å². The summed E-state index contributed by atoms with van der Waals surface area (Å²) < 4.78 is 28.3. The predicted molar refractivity (Wildman–Crippen MR) is 342 cm³/mol. The average molecular weight is 1100 g/mol. The molecule has 0 saturated carbocycles. The van der Waals surface area contributed by atoms with E-state index in [0.717, 1.165) is 46.7 Å². The third-order valence-electron chi connectivity index (χ3n) is 15.6. The fourth-order valence-electron chi connectivity index (χ4n) is 10.5. The van der Waals surface area contributed by atoms with Gasteiger partial charge in [0.05, 0.1) is 72.3 Å². The maximum absolute atomic E-state index is 12.8. The fourth-order valence-corrected chi connectivity index (χ4v) is 17.8. The number of anilines is 4. The molecule has 6 aromatic carbocycles. The van der Waals surface area contributed by atoms with E-state index >= 15 is 0 Å². The van der Waals surface area contributed by atoms with Crippen LogP contribution >= 0.6 is 26.3 Å². The number of carbonyl (C=O) groups excluding carboxylic acids is 1. The Morgan fingerprint density at radius 2 is 0.974 bits per heavy atom. The van der Waals surface area contributed by atoms with Crippen LogP contribution in [-0.2, 0) is 14.9 Å². The van der Waals surface area contributed by atoms with E-state index in [0.29, 0.717) is 12.7 Å². The normalized spacial score (nSPS) is 11.8. The average Bonchev–Trinajstić information content (AvgIpc) is 3.72. The van der Waals surface area contributed by atoms with Crippen LogP contribution in [0.5, 0.6) is 0 Å². The molecule has 1 heterocycles. The largest absolute Gasteiger partial charge is 0.326 e. The highest BCUT2D eigenvalue weighted by Gasteiger charge is 2.31. The molecular weight excluding hydrogens is 1010 g/mol. The Morgan fingerprint density at radius 1 is 0.553 bits per heavy atom. The summed E-state index contributed by atoms with van der Waals surface area (Å²) in [5, 5.41) is 5.90. The van der Waals surface area contributed by atoms with E-state index in [4.69, 9.17) is 4.55 Å². The number of hydrogen-bond donors (Lipinski definition) is 2. The third-order valence-corrected chi connectivity index (χ3v) is 27.3. The summed E-state index contributed by atoms with van der Waals surface area (Å²) in [7, 11) is -5.09. The third kappa shape index (κ3) is 17.8. The van der Waals surface area contributed by atoms with Gasteiger partial charge in [0.1, 0.15) is 0 Å². The summed E-state index contributed by atoms with van der Waals surface area (Å²) in [6, 6.07) is 44.4. The summed E-state index contributed by atoms with van der Waals surface area (Å²) in [5.41, 5.74) is 15.5. The number of benzene rings is 6. The van der Waals surface area contributed by atoms with Gasteiger partial charge in [-0.15, -0.1) is 11.8 Å². The smallest absolute Gasteiger partial charge is 0.261 e. The number of nitrogens with zero attached hydrogens (tertiary/aromatic N) is 2.